The van der Waals surface area contributed by atoms with Crippen LogP contribution in [0, 0.1) is 5.92 Å². The fourth-order valence-corrected chi connectivity index (χ4v) is 3.19. The maximum Gasteiger partial charge on any atom is 0.193 e. The van der Waals surface area contributed by atoms with Gasteiger partial charge in [-0.2, -0.15) is 5.10 Å². The molecule has 142 valence electrons. The molecule has 1 aliphatic heterocycles. The first-order valence-electron chi connectivity index (χ1n) is 8.79. The van der Waals surface area contributed by atoms with Gasteiger partial charge in [-0.05, 0) is 23.6 Å². The van der Waals surface area contributed by atoms with E-state index in [1.807, 2.05) is 24.0 Å². The van der Waals surface area contributed by atoms with Crippen LogP contribution in [0.5, 0.6) is 0 Å². The molecule has 7 heteroatoms. The van der Waals surface area contributed by atoms with Crippen LogP contribution in [0.2, 0.25) is 0 Å². The molecule has 1 saturated heterocycles. The van der Waals surface area contributed by atoms with E-state index >= 15 is 0 Å². The van der Waals surface area contributed by atoms with E-state index in [0.717, 1.165) is 45.2 Å². The fraction of sp³-hybridized carbons (Fsp3) is 0.474. The maximum atomic E-state index is 5.46. The van der Waals surface area contributed by atoms with Crippen molar-refractivity contribution in [3.05, 3.63) is 53.9 Å². The van der Waals surface area contributed by atoms with Crippen LogP contribution in [0.3, 0.4) is 0 Å². The number of nitrogens with zero attached hydrogens (tertiary/aromatic N) is 4. The molecule has 0 aliphatic carbocycles. The van der Waals surface area contributed by atoms with Crippen molar-refractivity contribution in [2.45, 2.75) is 19.5 Å². The molecule has 3 rings (SSSR count). The van der Waals surface area contributed by atoms with Crippen LogP contribution in [0.25, 0.3) is 0 Å². The Bertz CT molecular complexity index is 683. The van der Waals surface area contributed by atoms with Gasteiger partial charge in [0, 0.05) is 52.1 Å². The van der Waals surface area contributed by atoms with Gasteiger partial charge in [-0.15, -0.1) is 24.0 Å². The van der Waals surface area contributed by atoms with Gasteiger partial charge in [-0.25, -0.2) is 0 Å². The molecular weight excluding hydrogens is 441 g/mol. The molecule has 1 atom stereocenters. The van der Waals surface area contributed by atoms with Crippen molar-refractivity contribution >= 4 is 29.9 Å². The molecule has 0 bridgehead atoms. The number of hydrogen-bond donors (Lipinski definition) is 1. The summed E-state index contributed by atoms with van der Waals surface area (Å²) in [5.41, 5.74) is 2.48. The highest BCUT2D eigenvalue weighted by molar-refractivity contribution is 14.0. The second kappa shape index (κ2) is 10.5. The number of ether oxygens (including phenoxy) is 1. The first-order valence-corrected chi connectivity index (χ1v) is 8.79. The third-order valence-electron chi connectivity index (χ3n) is 4.48. The van der Waals surface area contributed by atoms with Crippen molar-refractivity contribution < 1.29 is 4.74 Å². The van der Waals surface area contributed by atoms with Crippen molar-refractivity contribution in [1.29, 1.82) is 0 Å². The number of aliphatic imine (C=N–C) groups is 1. The van der Waals surface area contributed by atoms with Crippen LogP contribution < -0.4 is 5.32 Å². The van der Waals surface area contributed by atoms with Gasteiger partial charge < -0.3 is 15.0 Å². The summed E-state index contributed by atoms with van der Waals surface area (Å²) in [5.74, 6) is 1.52. The van der Waals surface area contributed by atoms with Crippen LogP contribution in [-0.4, -0.2) is 54.5 Å². The van der Waals surface area contributed by atoms with Gasteiger partial charge in [0.2, 0.25) is 0 Å². The molecule has 1 aromatic carbocycles. The van der Waals surface area contributed by atoms with Crippen LogP contribution in [0.4, 0.5) is 0 Å². The van der Waals surface area contributed by atoms with Crippen molar-refractivity contribution in [1.82, 2.24) is 20.0 Å². The monoisotopic (exact) mass is 469 g/mol. The minimum absolute atomic E-state index is 0. The number of nitrogens with one attached hydrogen (secondary N) is 1. The highest BCUT2D eigenvalue weighted by Gasteiger charge is 2.18. The molecule has 0 spiro atoms. The number of guanidine groups is 1. The average molecular weight is 469 g/mol. The fourth-order valence-electron chi connectivity index (χ4n) is 3.19. The van der Waals surface area contributed by atoms with Gasteiger partial charge in [0.15, 0.2) is 5.96 Å². The molecule has 1 aliphatic rings. The SMILES string of the molecule is CN=C(NCc1cccc(Cn2cccn2)c1)N(C)CC1CCOC1.I. The molecule has 0 radical (unpaired) electrons. The first-order chi connectivity index (χ1) is 12.2. The lowest BCUT2D eigenvalue weighted by Gasteiger charge is -2.24. The Morgan fingerprint density at radius 3 is 2.92 bits per heavy atom. The summed E-state index contributed by atoms with van der Waals surface area (Å²) in [6, 6.07) is 10.5. The second-order valence-corrected chi connectivity index (χ2v) is 6.53. The van der Waals surface area contributed by atoms with Crippen LogP contribution in [-0.2, 0) is 17.8 Å². The van der Waals surface area contributed by atoms with Gasteiger partial charge in [0.25, 0.3) is 0 Å². The number of hydrogen-bond acceptors (Lipinski definition) is 3. The zero-order valence-electron chi connectivity index (χ0n) is 15.5. The van der Waals surface area contributed by atoms with Crippen molar-refractivity contribution in [3.8, 4) is 0 Å². The maximum absolute atomic E-state index is 5.46. The van der Waals surface area contributed by atoms with Gasteiger partial charge in [-0.3, -0.25) is 9.67 Å². The molecule has 1 unspecified atom stereocenters. The van der Waals surface area contributed by atoms with E-state index in [4.69, 9.17) is 4.74 Å². The van der Waals surface area contributed by atoms with E-state index in [1.54, 1.807) is 6.20 Å². The number of aromatic nitrogens is 2. The minimum atomic E-state index is 0. The Balaban J connectivity index is 0.00000243. The summed E-state index contributed by atoms with van der Waals surface area (Å²) in [7, 11) is 3.92. The molecule has 2 heterocycles. The second-order valence-electron chi connectivity index (χ2n) is 6.53. The summed E-state index contributed by atoms with van der Waals surface area (Å²) in [5, 5.41) is 7.72. The zero-order chi connectivity index (χ0) is 17.5. The first kappa shape index (κ1) is 20.7. The predicted molar refractivity (Wildman–Crippen MR) is 115 cm³/mol. The predicted octanol–water partition coefficient (Wildman–Crippen LogP) is 2.59. The van der Waals surface area contributed by atoms with Crippen molar-refractivity contribution in [3.63, 3.8) is 0 Å². The lowest BCUT2D eigenvalue weighted by Crippen LogP contribution is -2.41. The van der Waals surface area contributed by atoms with Gasteiger partial charge >= 0.3 is 0 Å². The summed E-state index contributed by atoms with van der Waals surface area (Å²) < 4.78 is 7.40. The molecule has 1 aromatic heterocycles. The summed E-state index contributed by atoms with van der Waals surface area (Å²) >= 11 is 0. The van der Waals surface area contributed by atoms with Gasteiger partial charge in [0.05, 0.1) is 13.2 Å². The van der Waals surface area contributed by atoms with Crippen LogP contribution >= 0.6 is 24.0 Å². The molecule has 1 N–H and O–H groups in total. The summed E-state index contributed by atoms with van der Waals surface area (Å²) in [4.78, 5) is 6.59. The highest BCUT2D eigenvalue weighted by atomic mass is 127. The average Bonchev–Trinajstić information content (AvgIpc) is 3.30. The van der Waals surface area contributed by atoms with E-state index in [9.17, 15) is 0 Å². The Kier molecular flexibility index (Phi) is 8.37. The third-order valence-corrected chi connectivity index (χ3v) is 4.48. The Labute approximate surface area is 172 Å². The normalized spacial score (nSPS) is 17.0. The number of halogens is 1. The molecule has 2 aromatic rings. The topological polar surface area (TPSA) is 54.7 Å². The highest BCUT2D eigenvalue weighted by Crippen LogP contribution is 2.13. The van der Waals surface area contributed by atoms with E-state index in [-0.39, 0.29) is 24.0 Å². The minimum Gasteiger partial charge on any atom is -0.381 e. The Morgan fingerprint density at radius 1 is 1.38 bits per heavy atom. The molecular formula is C19H28IN5O. The lowest BCUT2D eigenvalue weighted by atomic mass is 10.1. The van der Waals surface area contributed by atoms with Crippen molar-refractivity contribution in [2.24, 2.45) is 10.9 Å². The van der Waals surface area contributed by atoms with Crippen LogP contribution in [0.15, 0.2) is 47.7 Å². The largest absolute Gasteiger partial charge is 0.381 e. The third kappa shape index (κ3) is 5.98. The zero-order valence-corrected chi connectivity index (χ0v) is 17.8. The molecule has 0 amide bonds. The van der Waals surface area contributed by atoms with E-state index in [2.05, 4.69) is 51.6 Å². The lowest BCUT2D eigenvalue weighted by molar-refractivity contribution is 0.181. The number of rotatable bonds is 6. The van der Waals surface area contributed by atoms with E-state index in [0.29, 0.717) is 5.92 Å². The summed E-state index contributed by atoms with van der Waals surface area (Å²) in [6.45, 7) is 4.26. The number of benzene rings is 1. The van der Waals surface area contributed by atoms with E-state index < -0.39 is 0 Å². The van der Waals surface area contributed by atoms with E-state index in [1.165, 1.54) is 11.1 Å². The van der Waals surface area contributed by atoms with Crippen LogP contribution in [0.1, 0.15) is 17.5 Å². The molecule has 6 nitrogen and oxygen atoms in total. The van der Waals surface area contributed by atoms with Crippen molar-refractivity contribution in [2.75, 3.05) is 33.9 Å². The Hall–Kier alpha value is -1.61. The summed E-state index contributed by atoms with van der Waals surface area (Å²) in [6.07, 6.45) is 4.92. The molecule has 1 fully saturated rings. The van der Waals surface area contributed by atoms with Gasteiger partial charge in [0.1, 0.15) is 0 Å². The van der Waals surface area contributed by atoms with Gasteiger partial charge in [-0.1, -0.05) is 24.3 Å². The Morgan fingerprint density at radius 2 is 2.23 bits per heavy atom. The molecule has 0 saturated carbocycles. The smallest absolute Gasteiger partial charge is 0.193 e. The quantitative estimate of drug-likeness (QED) is 0.402. The standard InChI is InChI=1S/C19H27N5O.HI/c1-20-19(23(2)13-18-7-10-25-15-18)21-12-16-5-3-6-17(11-16)14-24-9-4-8-22-24;/h3-6,8-9,11,18H,7,10,12-15H2,1-2H3,(H,20,21);1H. The molecule has 26 heavy (non-hydrogen) atoms.